The number of aliphatic hydroxyl groups excluding tert-OH is 2. The van der Waals surface area contributed by atoms with Gasteiger partial charge >= 0.3 is 5.69 Å². The standard InChI is InChI=1S/C9H12FN3O4/c1-3-5(14)6(15)8(17-3)13-2-4(10)7(11)12-9(13)16/h2-3,5-6,8,14-15H,1H3,(H2,11,12,16)/t3-,5-,6-,8-/m1/s1/i9+1,12+1,13+1. The van der Waals surface area contributed by atoms with Gasteiger partial charge in [-0.15, -0.1) is 0 Å². The zero-order valence-electron chi connectivity index (χ0n) is 8.95. The molecular weight excluding hydrogens is 236 g/mol. The predicted octanol–water partition coefficient (Wildman–Crippen LogP) is -1.40. The molecule has 4 N–H and O–H groups in total. The van der Waals surface area contributed by atoms with Crippen LogP contribution in [0.4, 0.5) is 10.2 Å². The van der Waals surface area contributed by atoms with Crippen molar-refractivity contribution in [3.8, 4) is 0 Å². The van der Waals surface area contributed by atoms with Crippen molar-refractivity contribution in [3.63, 3.8) is 0 Å². The van der Waals surface area contributed by atoms with E-state index in [0.717, 1.165) is 10.8 Å². The summed E-state index contributed by atoms with van der Waals surface area (Å²) in [5.74, 6) is -1.42. The third-order valence-corrected chi connectivity index (χ3v) is 2.69. The highest BCUT2D eigenvalue weighted by atomic mass is 19.1. The molecule has 1 saturated heterocycles. The Morgan fingerprint density at radius 1 is 1.53 bits per heavy atom. The molecule has 2 heterocycles. The Labute approximate surface area is 95.3 Å². The zero-order chi connectivity index (χ0) is 12.7. The molecule has 0 spiro atoms. The summed E-state index contributed by atoms with van der Waals surface area (Å²) in [5, 5.41) is 19.1. The number of aromatic nitrogens is 2. The lowest BCUT2D eigenvalue weighted by atomic mass is 10.1. The van der Waals surface area contributed by atoms with Crippen LogP contribution >= 0.6 is 0 Å². The average Bonchev–Trinajstić information content (AvgIpc) is 2.51. The Hall–Kier alpha value is -1.51. The van der Waals surface area contributed by atoms with E-state index in [0.29, 0.717) is 0 Å². The molecule has 4 atom stereocenters. The van der Waals surface area contributed by atoms with E-state index in [1.54, 1.807) is 0 Å². The molecule has 17 heavy (non-hydrogen) atoms. The van der Waals surface area contributed by atoms with Crippen molar-refractivity contribution in [2.24, 2.45) is 0 Å². The molecule has 1 aromatic rings. The first-order valence-electron chi connectivity index (χ1n) is 4.97. The number of nitrogen functional groups attached to an aromatic ring is 1. The third kappa shape index (κ3) is 1.90. The predicted molar refractivity (Wildman–Crippen MR) is 54.5 cm³/mol. The van der Waals surface area contributed by atoms with Crippen LogP contribution in [0.25, 0.3) is 0 Å². The van der Waals surface area contributed by atoms with Crippen molar-refractivity contribution in [1.29, 1.82) is 0 Å². The topological polar surface area (TPSA) is 111 Å². The monoisotopic (exact) mass is 248 g/mol. The average molecular weight is 248 g/mol. The first-order valence-corrected chi connectivity index (χ1v) is 4.97. The number of aliphatic hydroxyl groups is 2. The maximum atomic E-state index is 13.2. The van der Waals surface area contributed by atoms with Gasteiger partial charge in [-0.1, -0.05) is 0 Å². The van der Waals surface area contributed by atoms with E-state index in [-0.39, 0.29) is 0 Å². The SMILES string of the molecule is C[C@H]1O[C@@H]([15n]2cc(F)c(N)[15n][13c]2=O)[C@H](O)[C@@H]1O. The number of anilines is 1. The number of hydrogen-bond donors (Lipinski definition) is 3. The molecule has 1 aromatic heterocycles. The van der Waals surface area contributed by atoms with Crippen LogP contribution in [-0.2, 0) is 4.74 Å². The van der Waals surface area contributed by atoms with Crippen molar-refractivity contribution in [2.45, 2.75) is 31.5 Å². The summed E-state index contributed by atoms with van der Waals surface area (Å²) < 4.78 is 19.1. The van der Waals surface area contributed by atoms with E-state index in [1.807, 2.05) is 0 Å². The number of nitrogens with zero attached hydrogens (tertiary/aromatic N) is 2. The number of nitrogens with two attached hydrogens (primary N) is 1. The van der Waals surface area contributed by atoms with Crippen molar-refractivity contribution in [3.05, 3.63) is 22.5 Å². The maximum Gasteiger partial charge on any atom is 0.351 e. The zero-order valence-corrected chi connectivity index (χ0v) is 8.95. The molecule has 94 valence electrons. The fourth-order valence-electron chi connectivity index (χ4n) is 1.70. The Morgan fingerprint density at radius 2 is 2.18 bits per heavy atom. The van der Waals surface area contributed by atoms with Gasteiger partial charge in [0.15, 0.2) is 17.9 Å². The van der Waals surface area contributed by atoms with Gasteiger partial charge in [-0.2, -0.15) is 4.98 Å². The van der Waals surface area contributed by atoms with Crippen LogP contribution in [-0.4, -0.2) is 38.1 Å². The van der Waals surface area contributed by atoms with Gasteiger partial charge in [0, 0.05) is 0 Å². The van der Waals surface area contributed by atoms with Crippen molar-refractivity contribution < 1.29 is 19.3 Å². The summed E-state index contributed by atoms with van der Waals surface area (Å²) in [4.78, 5) is 14.7. The smallest absolute Gasteiger partial charge is 0.351 e. The van der Waals surface area contributed by atoms with E-state index in [9.17, 15) is 19.4 Å². The van der Waals surface area contributed by atoms with Crippen LogP contribution in [0.5, 0.6) is 0 Å². The second kappa shape index (κ2) is 4.06. The minimum absolute atomic E-state index is 0.521. The van der Waals surface area contributed by atoms with Crippen molar-refractivity contribution in [2.75, 3.05) is 5.73 Å². The van der Waals surface area contributed by atoms with Gasteiger partial charge in [-0.3, -0.25) is 4.57 Å². The Balaban J connectivity index is 2.42. The number of halogens is 1. The van der Waals surface area contributed by atoms with Gasteiger partial charge in [0.1, 0.15) is 12.2 Å². The molecule has 2 rings (SSSR count). The van der Waals surface area contributed by atoms with E-state index < -0.39 is 41.9 Å². The van der Waals surface area contributed by atoms with Crippen molar-refractivity contribution in [1.82, 2.24) is 9.55 Å². The summed E-state index contributed by atoms with van der Waals surface area (Å²) in [6.45, 7) is 1.53. The third-order valence-electron chi connectivity index (χ3n) is 2.69. The van der Waals surface area contributed by atoms with E-state index in [4.69, 9.17) is 10.5 Å². The molecule has 1 fully saturated rings. The second-order valence-electron chi connectivity index (χ2n) is 3.88. The molecule has 0 aromatic carbocycles. The van der Waals surface area contributed by atoms with E-state index in [1.165, 1.54) is 6.92 Å². The van der Waals surface area contributed by atoms with Gasteiger partial charge < -0.3 is 20.7 Å². The summed E-state index contributed by atoms with van der Waals surface area (Å²) in [6.07, 6.45) is -3.51. The maximum absolute atomic E-state index is 13.2. The van der Waals surface area contributed by atoms with E-state index in [2.05, 4.69) is 4.98 Å². The Morgan fingerprint density at radius 3 is 2.71 bits per heavy atom. The Bertz CT molecular complexity index is 492. The quantitative estimate of drug-likeness (QED) is 0.564. The Kier molecular flexibility index (Phi) is 2.86. The van der Waals surface area contributed by atoms with Gasteiger partial charge in [0.25, 0.3) is 0 Å². The highest BCUT2D eigenvalue weighted by molar-refractivity contribution is 5.26. The summed E-state index contributed by atoms with van der Waals surface area (Å²) in [7, 11) is 0. The van der Waals surface area contributed by atoms with Crippen molar-refractivity contribution >= 4 is 5.82 Å². The van der Waals surface area contributed by atoms with Crippen LogP contribution in [0.3, 0.4) is 0 Å². The molecule has 1 aliphatic heterocycles. The van der Waals surface area contributed by atoms with Gasteiger partial charge in [-0.05, 0) is 6.92 Å². The molecule has 8 heteroatoms. The summed E-state index contributed by atoms with van der Waals surface area (Å²) in [5.41, 5.74) is 4.27. The van der Waals surface area contributed by atoms with Crippen LogP contribution in [0, 0.1) is 5.82 Å². The van der Waals surface area contributed by atoms with E-state index >= 15 is 0 Å². The molecule has 0 aliphatic carbocycles. The normalized spacial score (nSPS) is 32.9. The lowest BCUT2D eigenvalue weighted by Gasteiger charge is -2.17. The molecule has 0 bridgehead atoms. The van der Waals surface area contributed by atoms with Crippen LogP contribution in [0.1, 0.15) is 13.2 Å². The highest BCUT2D eigenvalue weighted by Crippen LogP contribution is 2.28. The largest absolute Gasteiger partial charge is 0.388 e. The molecule has 7 nitrogen and oxygen atoms in total. The molecule has 1 aliphatic rings. The minimum Gasteiger partial charge on any atom is -0.388 e. The molecule has 0 amide bonds. The summed E-state index contributed by atoms with van der Waals surface area (Å²) in [6, 6.07) is 0. The highest BCUT2D eigenvalue weighted by Gasteiger charge is 2.41. The molecular formula is C9H12FN3O4. The fourth-order valence-corrected chi connectivity index (χ4v) is 1.70. The van der Waals surface area contributed by atoms with Crippen LogP contribution < -0.4 is 11.4 Å². The lowest BCUT2D eigenvalue weighted by Crippen LogP contribution is -2.35. The fraction of sp³-hybridized carbons (Fsp3) is 0.556. The second-order valence-corrected chi connectivity index (χ2v) is 3.88. The molecule has 0 unspecified atom stereocenters. The van der Waals surface area contributed by atoms with Gasteiger partial charge in [0.2, 0.25) is 0 Å². The number of rotatable bonds is 1. The number of hydrogen-bond acceptors (Lipinski definition) is 6. The molecule has 0 saturated carbocycles. The van der Waals surface area contributed by atoms with Gasteiger partial charge in [0.05, 0.1) is 12.3 Å². The lowest BCUT2D eigenvalue weighted by molar-refractivity contribution is -0.0355. The first kappa shape index (κ1) is 12.0. The minimum atomic E-state index is -1.33. The number of ether oxygens (including phenoxy) is 1. The van der Waals surface area contributed by atoms with Crippen LogP contribution in [0.15, 0.2) is 11.0 Å². The summed E-state index contributed by atoms with van der Waals surface area (Å²) >= 11 is 0. The first-order chi connectivity index (χ1) is 7.91. The molecule has 0 radical (unpaired) electrons. The van der Waals surface area contributed by atoms with Crippen LogP contribution in [0.2, 0.25) is 0 Å². The van der Waals surface area contributed by atoms with Gasteiger partial charge in [-0.25, -0.2) is 9.18 Å².